The maximum absolute atomic E-state index is 5.79. The van der Waals surface area contributed by atoms with Crippen LogP contribution in [0.25, 0.3) is 0 Å². The fourth-order valence-corrected chi connectivity index (χ4v) is 4.01. The fourth-order valence-electron chi connectivity index (χ4n) is 2.84. The first-order chi connectivity index (χ1) is 11.3. The molecule has 1 atom stereocenters. The number of rotatable bonds is 4. The quantitative estimate of drug-likeness (QED) is 0.862. The molecule has 23 heavy (non-hydrogen) atoms. The molecule has 2 aromatic rings. The average Bonchev–Trinajstić information content (AvgIpc) is 3.00. The van der Waals surface area contributed by atoms with E-state index in [0.717, 1.165) is 28.9 Å². The Morgan fingerprint density at radius 3 is 2.83 bits per heavy atom. The minimum atomic E-state index is 0.349. The third kappa shape index (κ3) is 2.93. The van der Waals surface area contributed by atoms with Gasteiger partial charge in [-0.1, -0.05) is 18.2 Å². The van der Waals surface area contributed by atoms with Gasteiger partial charge in [-0.05, 0) is 43.5 Å². The van der Waals surface area contributed by atoms with E-state index in [-0.39, 0.29) is 0 Å². The zero-order valence-corrected chi connectivity index (χ0v) is 13.8. The van der Waals surface area contributed by atoms with Crippen molar-refractivity contribution in [1.82, 2.24) is 14.9 Å². The number of nitrogens with zero attached hydrogens (tertiary/aromatic N) is 4. The van der Waals surface area contributed by atoms with Gasteiger partial charge >= 0.3 is 0 Å². The van der Waals surface area contributed by atoms with Gasteiger partial charge in [0.2, 0.25) is 5.16 Å². The molecular formula is C16H18N4O2S. The summed E-state index contributed by atoms with van der Waals surface area (Å²) < 4.78 is 12.8. The van der Waals surface area contributed by atoms with Crippen LogP contribution in [-0.2, 0) is 6.61 Å². The second-order valence-electron chi connectivity index (χ2n) is 5.62. The number of aromatic nitrogens is 3. The Morgan fingerprint density at radius 2 is 2.00 bits per heavy atom. The Labute approximate surface area is 138 Å². The van der Waals surface area contributed by atoms with Crippen LogP contribution in [0.3, 0.4) is 0 Å². The Hall–Kier alpha value is -2.02. The Kier molecular flexibility index (Phi) is 3.95. The van der Waals surface area contributed by atoms with Crippen molar-refractivity contribution >= 4 is 17.5 Å². The maximum Gasteiger partial charge on any atom is 0.212 e. The molecule has 120 valence electrons. The highest BCUT2D eigenvalue weighted by atomic mass is 32.2. The van der Waals surface area contributed by atoms with Gasteiger partial charge in [-0.25, -0.2) is 0 Å². The number of benzene rings is 1. The molecule has 4 rings (SSSR count). The molecule has 0 spiro atoms. The smallest absolute Gasteiger partial charge is 0.212 e. The van der Waals surface area contributed by atoms with E-state index in [9.17, 15) is 0 Å². The summed E-state index contributed by atoms with van der Waals surface area (Å²) in [6.45, 7) is 0.349. The van der Waals surface area contributed by atoms with Crippen molar-refractivity contribution in [3.8, 4) is 11.5 Å². The highest BCUT2D eigenvalue weighted by Crippen LogP contribution is 2.35. The van der Waals surface area contributed by atoms with Gasteiger partial charge < -0.3 is 9.47 Å². The summed E-state index contributed by atoms with van der Waals surface area (Å²) in [6, 6.07) is 7.50. The van der Waals surface area contributed by atoms with E-state index in [0.29, 0.717) is 11.9 Å². The number of ether oxygens (including phenoxy) is 2. The Balaban J connectivity index is 1.49. The lowest BCUT2D eigenvalue weighted by Gasteiger charge is -2.26. The van der Waals surface area contributed by atoms with E-state index in [4.69, 9.17) is 14.6 Å². The van der Waals surface area contributed by atoms with Gasteiger partial charge in [0.15, 0.2) is 5.82 Å². The number of hydrogen-bond acceptors (Lipinski definition) is 6. The van der Waals surface area contributed by atoms with Crippen LogP contribution in [0.2, 0.25) is 0 Å². The van der Waals surface area contributed by atoms with E-state index in [1.807, 2.05) is 28.9 Å². The molecule has 7 heteroatoms. The lowest BCUT2D eigenvalue weighted by Crippen LogP contribution is -2.27. The topological polar surface area (TPSA) is 61.5 Å². The van der Waals surface area contributed by atoms with E-state index in [1.54, 1.807) is 18.9 Å². The molecule has 0 amide bonds. The van der Waals surface area contributed by atoms with Gasteiger partial charge in [-0.15, -0.1) is 10.2 Å². The number of fused-ring (bicyclic) bond motifs is 2. The molecule has 1 aliphatic heterocycles. The highest BCUT2D eigenvalue weighted by molar-refractivity contribution is 8.00. The van der Waals surface area contributed by atoms with Crippen LogP contribution in [0.4, 0.5) is 0 Å². The van der Waals surface area contributed by atoms with Crippen LogP contribution in [0.15, 0.2) is 34.5 Å². The molecule has 0 saturated heterocycles. The SMILES string of the molecule is COc1ccc(OCc2nnc3n2N=C2CCCC[C@@H]2S3)cc1. The second-order valence-corrected chi connectivity index (χ2v) is 6.79. The molecule has 2 heterocycles. The summed E-state index contributed by atoms with van der Waals surface area (Å²) in [5, 5.41) is 14.6. The van der Waals surface area contributed by atoms with Crippen LogP contribution in [-0.4, -0.2) is 32.9 Å². The molecule has 1 saturated carbocycles. The molecule has 1 fully saturated rings. The van der Waals surface area contributed by atoms with Crippen LogP contribution in [0.1, 0.15) is 31.5 Å². The molecule has 0 N–H and O–H groups in total. The molecular weight excluding hydrogens is 312 g/mol. The van der Waals surface area contributed by atoms with Crippen molar-refractivity contribution in [3.05, 3.63) is 30.1 Å². The molecule has 1 aromatic heterocycles. The van der Waals surface area contributed by atoms with Gasteiger partial charge in [0, 0.05) is 0 Å². The first-order valence-electron chi connectivity index (χ1n) is 7.79. The monoisotopic (exact) mass is 330 g/mol. The average molecular weight is 330 g/mol. The van der Waals surface area contributed by atoms with Crippen LogP contribution >= 0.6 is 11.8 Å². The van der Waals surface area contributed by atoms with Gasteiger partial charge in [0.1, 0.15) is 18.1 Å². The normalized spacial score (nSPS) is 19.5. The molecule has 2 aliphatic rings. The largest absolute Gasteiger partial charge is 0.497 e. The fraction of sp³-hybridized carbons (Fsp3) is 0.438. The van der Waals surface area contributed by atoms with Crippen molar-refractivity contribution in [1.29, 1.82) is 0 Å². The number of methoxy groups -OCH3 is 1. The van der Waals surface area contributed by atoms with E-state index in [2.05, 4.69) is 10.2 Å². The zero-order valence-electron chi connectivity index (χ0n) is 12.9. The van der Waals surface area contributed by atoms with Gasteiger partial charge in [0.25, 0.3) is 0 Å². The zero-order chi connectivity index (χ0) is 15.6. The van der Waals surface area contributed by atoms with E-state index < -0.39 is 0 Å². The van der Waals surface area contributed by atoms with Crippen LogP contribution in [0, 0.1) is 0 Å². The van der Waals surface area contributed by atoms with Crippen molar-refractivity contribution in [2.45, 2.75) is 42.7 Å². The predicted octanol–water partition coefficient (Wildman–Crippen LogP) is 3.12. The van der Waals surface area contributed by atoms with Crippen molar-refractivity contribution in [3.63, 3.8) is 0 Å². The second kappa shape index (κ2) is 6.23. The number of hydrogen-bond donors (Lipinski definition) is 0. The van der Waals surface area contributed by atoms with Gasteiger partial charge in [-0.2, -0.15) is 9.78 Å². The summed E-state index contributed by atoms with van der Waals surface area (Å²) in [5.74, 6) is 2.32. The lowest BCUT2D eigenvalue weighted by molar-refractivity contribution is 0.289. The lowest BCUT2D eigenvalue weighted by atomic mass is 9.98. The molecule has 0 unspecified atom stereocenters. The first-order valence-corrected chi connectivity index (χ1v) is 8.67. The maximum atomic E-state index is 5.79. The van der Waals surface area contributed by atoms with E-state index in [1.165, 1.54) is 25.0 Å². The summed E-state index contributed by atoms with van der Waals surface area (Å²) in [6.07, 6.45) is 4.77. The molecule has 6 nitrogen and oxygen atoms in total. The molecule has 1 aliphatic carbocycles. The summed E-state index contributed by atoms with van der Waals surface area (Å²) in [5.41, 5.74) is 1.26. The number of thioether (sulfide) groups is 1. The highest BCUT2D eigenvalue weighted by Gasteiger charge is 2.29. The van der Waals surface area contributed by atoms with Gasteiger partial charge in [-0.3, -0.25) is 0 Å². The minimum Gasteiger partial charge on any atom is -0.497 e. The minimum absolute atomic E-state index is 0.349. The van der Waals surface area contributed by atoms with Crippen LogP contribution in [0.5, 0.6) is 11.5 Å². The Bertz CT molecular complexity index is 726. The Morgan fingerprint density at radius 1 is 1.17 bits per heavy atom. The van der Waals surface area contributed by atoms with Crippen molar-refractivity contribution in [2.75, 3.05) is 7.11 Å². The summed E-state index contributed by atoms with van der Waals surface area (Å²) >= 11 is 1.77. The molecule has 1 aromatic carbocycles. The third-order valence-electron chi connectivity index (χ3n) is 4.10. The van der Waals surface area contributed by atoms with Gasteiger partial charge in [0.05, 0.1) is 18.1 Å². The van der Waals surface area contributed by atoms with Crippen molar-refractivity contribution < 1.29 is 9.47 Å². The van der Waals surface area contributed by atoms with Crippen LogP contribution < -0.4 is 9.47 Å². The van der Waals surface area contributed by atoms with E-state index >= 15 is 0 Å². The van der Waals surface area contributed by atoms with Crippen molar-refractivity contribution in [2.24, 2.45) is 5.10 Å². The summed E-state index contributed by atoms with van der Waals surface area (Å²) in [4.78, 5) is 0. The molecule has 0 radical (unpaired) electrons. The summed E-state index contributed by atoms with van der Waals surface area (Å²) in [7, 11) is 1.65. The predicted molar refractivity (Wildman–Crippen MR) is 88.3 cm³/mol. The third-order valence-corrected chi connectivity index (χ3v) is 5.36. The standard InChI is InChI=1S/C16H18N4O2S/c1-21-11-6-8-12(9-7-11)22-10-15-17-18-16-20(15)19-13-4-2-3-5-14(13)23-16/h6-9,14H,2-5,10H2,1H3/t14-/m0/s1. The first kappa shape index (κ1) is 14.6. The molecule has 0 bridgehead atoms.